The Kier molecular flexibility index (Phi) is 14.8. The molecule has 0 aromatic heterocycles. The summed E-state index contributed by atoms with van der Waals surface area (Å²) in [6.45, 7) is 2.22. The Morgan fingerprint density at radius 1 is 0.590 bits per heavy atom. The highest BCUT2D eigenvalue weighted by molar-refractivity contribution is 5.93. The lowest BCUT2D eigenvalue weighted by Crippen LogP contribution is -2.78. The van der Waals surface area contributed by atoms with Gasteiger partial charge in [0.2, 0.25) is 0 Å². The van der Waals surface area contributed by atoms with Gasteiger partial charge in [-0.25, -0.2) is 9.59 Å². The van der Waals surface area contributed by atoms with Crippen LogP contribution >= 0.6 is 0 Å². The molecular weight excluding hydrogens is 490 g/mol. The molecule has 2 aromatic carbocycles. The van der Waals surface area contributed by atoms with Crippen LogP contribution in [0.1, 0.15) is 102 Å². The molecule has 0 saturated carbocycles. The van der Waals surface area contributed by atoms with E-state index in [0.717, 1.165) is 30.4 Å². The van der Waals surface area contributed by atoms with Crippen LogP contribution in [-0.2, 0) is 32.3 Å². The third-order valence-electron chi connectivity index (χ3n) is 7.29. The predicted octanol–water partition coefficient (Wildman–Crippen LogP) is 5.88. The molecule has 0 heterocycles. The van der Waals surface area contributed by atoms with Crippen LogP contribution in [0.3, 0.4) is 0 Å². The topological polar surface area (TPSA) is 131 Å². The lowest BCUT2D eigenvalue weighted by atomic mass is 9.80. The molecule has 39 heavy (non-hydrogen) atoms. The van der Waals surface area contributed by atoms with Crippen LogP contribution in [0.2, 0.25) is 0 Å². The van der Waals surface area contributed by atoms with Crippen LogP contribution < -0.4 is 17.2 Å². The summed E-state index contributed by atoms with van der Waals surface area (Å²) in [5.74, 6) is -1.75. The van der Waals surface area contributed by atoms with Crippen LogP contribution in [0.5, 0.6) is 0 Å². The molecule has 0 saturated heterocycles. The fourth-order valence-electron chi connectivity index (χ4n) is 4.60. The van der Waals surface area contributed by atoms with Gasteiger partial charge in [0.1, 0.15) is 13.2 Å². The first-order chi connectivity index (χ1) is 18.8. The monoisotopic (exact) mass is 539 g/mol. The van der Waals surface area contributed by atoms with Crippen molar-refractivity contribution in [2.75, 3.05) is 0 Å². The first kappa shape index (κ1) is 32.5. The van der Waals surface area contributed by atoms with E-state index in [1.807, 2.05) is 60.7 Å². The van der Waals surface area contributed by atoms with E-state index < -0.39 is 23.1 Å². The van der Waals surface area contributed by atoms with Crippen molar-refractivity contribution >= 4 is 11.9 Å². The first-order valence-electron chi connectivity index (χ1n) is 14.6. The number of benzene rings is 2. The maximum absolute atomic E-state index is 13.3. The van der Waals surface area contributed by atoms with Crippen molar-refractivity contribution in [1.82, 2.24) is 0 Å². The molecule has 0 fully saturated rings. The van der Waals surface area contributed by atoms with Crippen LogP contribution in [0.4, 0.5) is 0 Å². The molecule has 0 aliphatic heterocycles. The Balaban J connectivity index is 1.90. The zero-order valence-corrected chi connectivity index (χ0v) is 23.7. The Labute approximate surface area is 234 Å². The minimum Gasteiger partial charge on any atom is -0.459 e. The largest absolute Gasteiger partial charge is 0.459 e. The Hall–Kier alpha value is -2.74. The summed E-state index contributed by atoms with van der Waals surface area (Å²) in [5.41, 5.74) is 16.5. The molecule has 6 N–H and O–H groups in total. The van der Waals surface area contributed by atoms with E-state index in [1.165, 1.54) is 51.4 Å². The second kappa shape index (κ2) is 17.8. The molecule has 0 radical (unpaired) electrons. The number of nitrogens with two attached hydrogens (primary N) is 3. The van der Waals surface area contributed by atoms with Gasteiger partial charge in [0.25, 0.3) is 0 Å². The van der Waals surface area contributed by atoms with E-state index >= 15 is 0 Å². The summed E-state index contributed by atoms with van der Waals surface area (Å²) in [6, 6.07) is 18.4. The van der Waals surface area contributed by atoms with Gasteiger partial charge in [-0.1, -0.05) is 145 Å². The second-order valence-corrected chi connectivity index (χ2v) is 10.6. The molecular formula is C32H49N3O4. The zero-order valence-electron chi connectivity index (χ0n) is 23.7. The van der Waals surface area contributed by atoms with Crippen LogP contribution in [0.15, 0.2) is 60.7 Å². The van der Waals surface area contributed by atoms with Crippen molar-refractivity contribution in [2.45, 2.75) is 115 Å². The van der Waals surface area contributed by atoms with Crippen LogP contribution in [0, 0.1) is 0 Å². The molecule has 0 bridgehead atoms. The molecule has 0 spiro atoms. The average molecular weight is 540 g/mol. The van der Waals surface area contributed by atoms with E-state index in [1.54, 1.807) is 0 Å². The third-order valence-corrected chi connectivity index (χ3v) is 7.29. The van der Waals surface area contributed by atoms with Crippen molar-refractivity contribution in [2.24, 2.45) is 17.2 Å². The quantitative estimate of drug-likeness (QED) is 0.109. The molecule has 2 aromatic rings. The molecule has 2 rings (SSSR count). The van der Waals surface area contributed by atoms with Crippen LogP contribution in [-0.4, -0.2) is 23.1 Å². The number of hydrogen-bond donors (Lipinski definition) is 3. The molecule has 0 aliphatic rings. The van der Waals surface area contributed by atoms with Gasteiger partial charge in [-0.15, -0.1) is 0 Å². The molecule has 216 valence electrons. The summed E-state index contributed by atoms with van der Waals surface area (Å²) in [6.07, 6.45) is 14.1. The molecule has 1 atom stereocenters. The van der Waals surface area contributed by atoms with Crippen molar-refractivity contribution in [3.63, 3.8) is 0 Å². The zero-order chi connectivity index (χ0) is 28.4. The number of carbonyl (C=O) groups is 2. The highest BCUT2D eigenvalue weighted by Gasteiger charge is 2.56. The standard InChI is InChI=1S/C32H49N3O4/c1-2-3-4-5-6-7-8-9-10-11-12-19-24-31(33,29(36)38-25-27-20-15-13-16-21-27)32(34,35)30(37)39-26-28-22-17-14-18-23-28/h13-18,20-23H,2-12,19,24-26,33-35H2,1H3. The van der Waals surface area contributed by atoms with Crippen molar-refractivity contribution in [3.8, 4) is 0 Å². The highest BCUT2D eigenvalue weighted by Crippen LogP contribution is 2.25. The van der Waals surface area contributed by atoms with E-state index in [4.69, 9.17) is 26.7 Å². The third kappa shape index (κ3) is 11.1. The maximum atomic E-state index is 13.3. The minimum atomic E-state index is -2.26. The number of unbranched alkanes of at least 4 members (excludes halogenated alkanes) is 11. The van der Waals surface area contributed by atoms with E-state index in [2.05, 4.69) is 6.92 Å². The maximum Gasteiger partial charge on any atom is 0.343 e. The fraction of sp³-hybridized carbons (Fsp3) is 0.562. The number of rotatable bonds is 20. The Morgan fingerprint density at radius 3 is 1.41 bits per heavy atom. The SMILES string of the molecule is CCCCCCCCCCCCCCC(N)(C(=O)OCc1ccccc1)C(N)(N)C(=O)OCc1ccccc1. The molecule has 7 nitrogen and oxygen atoms in total. The van der Waals surface area contributed by atoms with Gasteiger partial charge in [-0.3, -0.25) is 0 Å². The van der Waals surface area contributed by atoms with Gasteiger partial charge in [0, 0.05) is 0 Å². The van der Waals surface area contributed by atoms with Crippen molar-refractivity contribution in [3.05, 3.63) is 71.8 Å². The van der Waals surface area contributed by atoms with Gasteiger partial charge >= 0.3 is 11.9 Å². The molecule has 7 heteroatoms. The Morgan fingerprint density at radius 2 is 0.974 bits per heavy atom. The van der Waals surface area contributed by atoms with E-state index in [9.17, 15) is 9.59 Å². The lowest BCUT2D eigenvalue weighted by molar-refractivity contribution is -0.166. The van der Waals surface area contributed by atoms with Gasteiger partial charge in [0.15, 0.2) is 11.2 Å². The van der Waals surface area contributed by atoms with Gasteiger partial charge in [-0.05, 0) is 17.5 Å². The van der Waals surface area contributed by atoms with E-state index in [-0.39, 0.29) is 19.6 Å². The lowest BCUT2D eigenvalue weighted by Gasteiger charge is -2.39. The van der Waals surface area contributed by atoms with Gasteiger partial charge in [0.05, 0.1) is 0 Å². The number of carbonyl (C=O) groups excluding carboxylic acids is 2. The molecule has 1 unspecified atom stereocenters. The molecule has 0 aliphatic carbocycles. The normalized spacial score (nSPS) is 13.0. The summed E-state index contributed by atoms with van der Waals surface area (Å²) in [7, 11) is 0. The van der Waals surface area contributed by atoms with E-state index in [0.29, 0.717) is 6.42 Å². The van der Waals surface area contributed by atoms with Crippen LogP contribution in [0.25, 0.3) is 0 Å². The first-order valence-corrected chi connectivity index (χ1v) is 14.6. The summed E-state index contributed by atoms with van der Waals surface area (Å²) in [4.78, 5) is 26.3. The van der Waals surface area contributed by atoms with Crippen molar-refractivity contribution < 1.29 is 19.1 Å². The number of esters is 2. The van der Waals surface area contributed by atoms with Gasteiger partial charge in [-0.2, -0.15) is 0 Å². The van der Waals surface area contributed by atoms with Gasteiger partial charge < -0.3 is 26.7 Å². The summed E-state index contributed by atoms with van der Waals surface area (Å²) < 4.78 is 10.9. The minimum absolute atomic E-state index is 0.00616. The second-order valence-electron chi connectivity index (χ2n) is 10.6. The predicted molar refractivity (Wildman–Crippen MR) is 156 cm³/mol. The highest BCUT2D eigenvalue weighted by atomic mass is 16.5. The fourth-order valence-corrected chi connectivity index (χ4v) is 4.60. The number of hydrogen-bond acceptors (Lipinski definition) is 7. The smallest absolute Gasteiger partial charge is 0.343 e. The summed E-state index contributed by atoms with van der Waals surface area (Å²) >= 11 is 0. The number of ether oxygens (including phenoxy) is 2. The van der Waals surface area contributed by atoms with Crippen molar-refractivity contribution in [1.29, 1.82) is 0 Å². The average Bonchev–Trinajstić information content (AvgIpc) is 2.96. The molecule has 0 amide bonds. The summed E-state index contributed by atoms with van der Waals surface area (Å²) in [5, 5.41) is 0. The Bertz CT molecular complexity index is 952.